The Kier molecular flexibility index (Phi) is 7.24. The van der Waals surface area contributed by atoms with E-state index in [1.807, 2.05) is 0 Å². The second kappa shape index (κ2) is 9.31. The van der Waals surface area contributed by atoms with Gasteiger partial charge < -0.3 is 14.8 Å². The van der Waals surface area contributed by atoms with Gasteiger partial charge in [0.15, 0.2) is 11.5 Å². The van der Waals surface area contributed by atoms with Crippen LogP contribution in [0.15, 0.2) is 29.2 Å². The van der Waals surface area contributed by atoms with Crippen LogP contribution in [0.4, 0.5) is 11.4 Å². The van der Waals surface area contributed by atoms with Gasteiger partial charge in [0, 0.05) is 25.8 Å². The van der Waals surface area contributed by atoms with E-state index in [9.17, 15) is 23.3 Å². The van der Waals surface area contributed by atoms with Gasteiger partial charge in [0.1, 0.15) is 5.56 Å². The van der Waals surface area contributed by atoms with Crippen LogP contribution < -0.4 is 14.8 Å². The van der Waals surface area contributed by atoms with E-state index in [4.69, 9.17) is 9.47 Å². The second-order valence-corrected chi connectivity index (χ2v) is 9.02. The third kappa shape index (κ3) is 4.94. The zero-order chi connectivity index (χ0) is 23.5. The van der Waals surface area contributed by atoms with Crippen molar-refractivity contribution in [1.82, 2.24) is 4.31 Å². The summed E-state index contributed by atoms with van der Waals surface area (Å²) < 4.78 is 36.7. The molecule has 11 heteroatoms. The monoisotopic (exact) mass is 451 g/mol. The van der Waals surface area contributed by atoms with Gasteiger partial charge in [0.25, 0.3) is 11.6 Å². The number of nitro benzene ring substituents is 1. The molecule has 0 atom stereocenters. The number of aryl methyl sites for hydroxylation is 1. The lowest BCUT2D eigenvalue weighted by Gasteiger charge is -2.17. The van der Waals surface area contributed by atoms with Crippen LogP contribution in [0.5, 0.6) is 11.5 Å². The highest BCUT2D eigenvalue weighted by atomic mass is 32.2. The molecule has 168 valence electrons. The molecule has 0 heterocycles. The van der Waals surface area contributed by atoms with E-state index in [1.165, 1.54) is 39.4 Å². The maximum absolute atomic E-state index is 13.0. The fourth-order valence-corrected chi connectivity index (χ4v) is 3.83. The SMILES string of the molecule is CCOc1cc([N+](=O)[O-])c(C(=O)Nc2cc(S(=O)(=O)N(C)C)cc(C)c2C)cc1OC. The number of carbonyl (C=O) groups is 1. The molecule has 0 aliphatic heterocycles. The fraction of sp³-hybridized carbons (Fsp3) is 0.350. The summed E-state index contributed by atoms with van der Waals surface area (Å²) in [4.78, 5) is 23.8. The molecule has 0 radical (unpaired) electrons. The lowest BCUT2D eigenvalue weighted by molar-refractivity contribution is -0.385. The molecule has 0 saturated carbocycles. The number of rotatable bonds is 8. The average Bonchev–Trinajstić information content (AvgIpc) is 2.70. The van der Waals surface area contributed by atoms with Crippen molar-refractivity contribution in [2.75, 3.05) is 33.1 Å². The average molecular weight is 452 g/mol. The molecule has 31 heavy (non-hydrogen) atoms. The Morgan fingerprint density at radius 1 is 1.16 bits per heavy atom. The van der Waals surface area contributed by atoms with Gasteiger partial charge in [0.05, 0.1) is 29.6 Å². The normalized spacial score (nSPS) is 11.3. The lowest BCUT2D eigenvalue weighted by Crippen LogP contribution is -2.23. The van der Waals surface area contributed by atoms with Crippen molar-refractivity contribution in [3.63, 3.8) is 0 Å². The standard InChI is InChI=1S/C20H25N3O7S/c1-7-30-19-11-17(23(25)26)15(10-18(19)29-6)20(24)21-16-9-14(8-12(2)13(16)3)31(27,28)22(4)5/h8-11H,7H2,1-6H3,(H,21,24). The molecule has 0 saturated heterocycles. The van der Waals surface area contributed by atoms with Gasteiger partial charge in [0.2, 0.25) is 10.0 Å². The van der Waals surface area contributed by atoms with Crippen molar-refractivity contribution >= 4 is 27.3 Å². The topological polar surface area (TPSA) is 128 Å². The Morgan fingerprint density at radius 2 is 1.81 bits per heavy atom. The maximum atomic E-state index is 13.0. The van der Waals surface area contributed by atoms with Crippen LogP contribution >= 0.6 is 0 Å². The van der Waals surface area contributed by atoms with Crippen molar-refractivity contribution in [1.29, 1.82) is 0 Å². The molecule has 0 fully saturated rings. The third-order valence-electron chi connectivity index (χ3n) is 4.69. The summed E-state index contributed by atoms with van der Waals surface area (Å²) in [6, 6.07) is 5.18. The Labute approximate surface area is 181 Å². The first kappa shape index (κ1) is 24.1. The Hall–Kier alpha value is -3.18. The molecule has 0 spiro atoms. The molecule has 0 aromatic heterocycles. The van der Waals surface area contributed by atoms with Gasteiger partial charge in [-0.1, -0.05) is 0 Å². The molecule has 10 nitrogen and oxygen atoms in total. The zero-order valence-electron chi connectivity index (χ0n) is 18.2. The first-order chi connectivity index (χ1) is 14.4. The molecule has 2 aromatic carbocycles. The summed E-state index contributed by atoms with van der Waals surface area (Å²) in [6.45, 7) is 5.39. The molecule has 0 aliphatic carbocycles. The number of hydrogen-bond acceptors (Lipinski definition) is 7. The Morgan fingerprint density at radius 3 is 2.32 bits per heavy atom. The van der Waals surface area contributed by atoms with Crippen LogP contribution in [0.1, 0.15) is 28.4 Å². The van der Waals surface area contributed by atoms with E-state index in [0.717, 1.165) is 10.4 Å². The number of benzene rings is 2. The minimum absolute atomic E-state index is 0.00493. The highest BCUT2D eigenvalue weighted by Gasteiger charge is 2.26. The molecular weight excluding hydrogens is 426 g/mol. The number of sulfonamides is 1. The number of anilines is 1. The Bertz CT molecular complexity index is 1130. The zero-order valence-corrected chi connectivity index (χ0v) is 19.0. The van der Waals surface area contributed by atoms with Crippen molar-refractivity contribution in [2.24, 2.45) is 0 Å². The molecule has 1 amide bonds. The minimum Gasteiger partial charge on any atom is -0.493 e. The number of hydrogen-bond donors (Lipinski definition) is 1. The number of nitro groups is 1. The first-order valence-corrected chi connectivity index (χ1v) is 10.7. The summed E-state index contributed by atoms with van der Waals surface area (Å²) >= 11 is 0. The third-order valence-corrected chi connectivity index (χ3v) is 6.48. The number of amides is 1. The lowest BCUT2D eigenvalue weighted by atomic mass is 10.1. The van der Waals surface area contributed by atoms with Crippen LogP contribution in [-0.2, 0) is 10.0 Å². The predicted octanol–water partition coefficient (Wildman–Crippen LogP) is 3.12. The largest absolute Gasteiger partial charge is 0.493 e. The number of ether oxygens (including phenoxy) is 2. The van der Waals surface area contributed by atoms with E-state index in [1.54, 1.807) is 20.8 Å². The van der Waals surface area contributed by atoms with Crippen molar-refractivity contribution in [3.8, 4) is 11.5 Å². The van der Waals surface area contributed by atoms with Crippen molar-refractivity contribution in [3.05, 3.63) is 51.1 Å². The van der Waals surface area contributed by atoms with Gasteiger partial charge in [-0.3, -0.25) is 14.9 Å². The van der Waals surface area contributed by atoms with Crippen LogP contribution in [-0.4, -0.2) is 51.4 Å². The van der Waals surface area contributed by atoms with E-state index < -0.39 is 26.5 Å². The number of carbonyl (C=O) groups excluding carboxylic acids is 1. The second-order valence-electron chi connectivity index (χ2n) is 6.86. The van der Waals surface area contributed by atoms with Crippen molar-refractivity contribution < 1.29 is 27.6 Å². The molecule has 2 aromatic rings. The summed E-state index contributed by atoms with van der Waals surface area (Å²) in [5.74, 6) is -0.483. The first-order valence-electron chi connectivity index (χ1n) is 9.28. The quantitative estimate of drug-likeness (QED) is 0.482. The molecule has 0 bridgehead atoms. The maximum Gasteiger partial charge on any atom is 0.286 e. The predicted molar refractivity (Wildman–Crippen MR) is 116 cm³/mol. The number of nitrogens with one attached hydrogen (secondary N) is 1. The molecule has 0 unspecified atom stereocenters. The summed E-state index contributed by atoms with van der Waals surface area (Å²) in [7, 11) is 0.412. The van der Waals surface area contributed by atoms with Gasteiger partial charge >= 0.3 is 0 Å². The fourth-order valence-electron chi connectivity index (χ4n) is 2.82. The van der Waals surface area contributed by atoms with Gasteiger partial charge in [-0.15, -0.1) is 0 Å². The van der Waals surface area contributed by atoms with Crippen LogP contribution in [0, 0.1) is 24.0 Å². The van der Waals surface area contributed by atoms with E-state index >= 15 is 0 Å². The van der Waals surface area contributed by atoms with Gasteiger partial charge in [-0.2, -0.15) is 0 Å². The van der Waals surface area contributed by atoms with Gasteiger partial charge in [-0.25, -0.2) is 12.7 Å². The van der Waals surface area contributed by atoms with E-state index in [0.29, 0.717) is 11.1 Å². The van der Waals surface area contributed by atoms with Crippen LogP contribution in [0.3, 0.4) is 0 Å². The van der Waals surface area contributed by atoms with Crippen LogP contribution in [0.2, 0.25) is 0 Å². The Balaban J connectivity index is 2.57. The number of nitrogens with zero attached hydrogens (tertiary/aromatic N) is 2. The minimum atomic E-state index is -3.75. The molecule has 1 N–H and O–H groups in total. The highest BCUT2D eigenvalue weighted by Crippen LogP contribution is 2.35. The molecule has 2 rings (SSSR count). The summed E-state index contributed by atoms with van der Waals surface area (Å²) in [5, 5.41) is 14.2. The molecular formula is C20H25N3O7S. The summed E-state index contributed by atoms with van der Waals surface area (Å²) in [5.41, 5.74) is 0.785. The highest BCUT2D eigenvalue weighted by molar-refractivity contribution is 7.89. The number of methoxy groups -OCH3 is 1. The van der Waals surface area contributed by atoms with E-state index in [2.05, 4.69) is 5.32 Å². The summed E-state index contributed by atoms with van der Waals surface area (Å²) in [6.07, 6.45) is 0. The smallest absolute Gasteiger partial charge is 0.286 e. The van der Waals surface area contributed by atoms with Crippen LogP contribution in [0.25, 0.3) is 0 Å². The van der Waals surface area contributed by atoms with E-state index in [-0.39, 0.29) is 34.3 Å². The van der Waals surface area contributed by atoms with Crippen molar-refractivity contribution in [2.45, 2.75) is 25.7 Å². The van der Waals surface area contributed by atoms with Gasteiger partial charge in [-0.05, 0) is 44.0 Å². The molecule has 0 aliphatic rings.